The Morgan fingerprint density at radius 3 is 2.30 bits per heavy atom. The van der Waals surface area contributed by atoms with Gasteiger partial charge in [-0.05, 0) is 32.1 Å². The van der Waals surface area contributed by atoms with Crippen LogP contribution in [0.15, 0.2) is 12.7 Å². The van der Waals surface area contributed by atoms with E-state index in [1.807, 2.05) is 19.9 Å². The Morgan fingerprint density at radius 2 is 1.74 bits per heavy atom. The molecule has 2 unspecified atom stereocenters. The summed E-state index contributed by atoms with van der Waals surface area (Å²) in [4.78, 5) is 26.1. The molecule has 1 aliphatic carbocycles. The highest BCUT2D eigenvalue weighted by Gasteiger charge is 2.39. The highest BCUT2D eigenvalue weighted by molar-refractivity contribution is 5.88. The second kappa shape index (κ2) is 15.7. The highest BCUT2D eigenvalue weighted by Crippen LogP contribution is 2.23. The third-order valence-electron chi connectivity index (χ3n) is 4.37. The first-order valence-corrected chi connectivity index (χ1v) is 10.9. The van der Waals surface area contributed by atoms with Crippen molar-refractivity contribution in [1.82, 2.24) is 10.2 Å². The number of β-amino-alcohol motifs (C(OH)–C–C–N with tert-alkyl or cyclic N) is 1. The zero-order valence-electron chi connectivity index (χ0n) is 18.0. The van der Waals surface area contributed by atoms with Crippen molar-refractivity contribution in [3.05, 3.63) is 12.7 Å². The Kier molecular flexibility index (Phi) is 14.9. The summed E-state index contributed by atoms with van der Waals surface area (Å²) in [6.45, 7) is 12.2. The first-order chi connectivity index (χ1) is 13.0. The van der Waals surface area contributed by atoms with Gasteiger partial charge in [0.2, 0.25) is 11.8 Å². The number of carbonyl (C=O) groups is 2. The first-order valence-electron chi connectivity index (χ1n) is 10.9. The molecule has 2 N–H and O–H groups in total. The summed E-state index contributed by atoms with van der Waals surface area (Å²) >= 11 is 0. The van der Waals surface area contributed by atoms with Crippen molar-refractivity contribution in [3.63, 3.8) is 0 Å². The van der Waals surface area contributed by atoms with E-state index < -0.39 is 12.1 Å². The molecule has 5 heteroatoms. The zero-order chi connectivity index (χ0) is 20.7. The van der Waals surface area contributed by atoms with Gasteiger partial charge in [0.1, 0.15) is 6.04 Å². The lowest BCUT2D eigenvalue weighted by Gasteiger charge is -2.23. The summed E-state index contributed by atoms with van der Waals surface area (Å²) in [5.74, 6) is -0.102. The number of unbranched alkanes of at least 4 members (excludes halogenated alkanes) is 4. The molecule has 0 spiro atoms. The van der Waals surface area contributed by atoms with Gasteiger partial charge in [-0.3, -0.25) is 9.59 Å². The predicted octanol–water partition coefficient (Wildman–Crippen LogP) is 4.20. The lowest BCUT2D eigenvalue weighted by molar-refractivity contribution is -0.138. The number of amides is 2. The molecule has 0 aromatic carbocycles. The monoisotopic (exact) mass is 382 g/mol. The number of nitrogens with zero attached hydrogens (tertiary/aromatic N) is 1. The molecule has 0 bridgehead atoms. The molecule has 5 nitrogen and oxygen atoms in total. The number of likely N-dealkylation sites (tertiary alicyclic amines) is 1. The van der Waals surface area contributed by atoms with Gasteiger partial charge < -0.3 is 15.3 Å². The molecule has 2 atom stereocenters. The number of allylic oxidation sites excluding steroid dienone is 1. The van der Waals surface area contributed by atoms with Crippen LogP contribution in [0.1, 0.15) is 91.9 Å². The minimum absolute atomic E-state index is 0.00350. The van der Waals surface area contributed by atoms with Crippen LogP contribution in [0, 0.1) is 0 Å². The van der Waals surface area contributed by atoms with E-state index in [0.29, 0.717) is 12.8 Å². The number of nitrogens with one attached hydrogen (secondary N) is 1. The Bertz CT molecular complexity index is 422. The Morgan fingerprint density at radius 1 is 1.15 bits per heavy atom. The minimum Gasteiger partial charge on any atom is -0.391 e. The Labute approximate surface area is 166 Å². The van der Waals surface area contributed by atoms with E-state index in [4.69, 9.17) is 0 Å². The molecule has 0 radical (unpaired) electrons. The summed E-state index contributed by atoms with van der Waals surface area (Å²) in [5, 5.41) is 12.7. The van der Waals surface area contributed by atoms with E-state index in [1.54, 1.807) is 4.90 Å². The molecular weight excluding hydrogens is 340 g/mol. The quantitative estimate of drug-likeness (QED) is 0.464. The van der Waals surface area contributed by atoms with E-state index in [-0.39, 0.29) is 24.4 Å². The van der Waals surface area contributed by atoms with Gasteiger partial charge in [0.05, 0.1) is 6.10 Å². The van der Waals surface area contributed by atoms with Crippen molar-refractivity contribution in [2.45, 2.75) is 110 Å². The molecule has 158 valence electrons. The van der Waals surface area contributed by atoms with Crippen molar-refractivity contribution in [2.24, 2.45) is 0 Å². The van der Waals surface area contributed by atoms with Crippen LogP contribution in [0.5, 0.6) is 0 Å². The standard InChI is InChI=1S/C17H28N2O3.C3H8.C2H6/c1-2-3-4-5-6-7-8-16(21)19-12-14(20)11-15(19)17(22)18-13-9-10-13;1-3-2;1-2/h2,13-15,20H,1,3-12H2,(H,18,22);3H2,1-2H3;1-2H3. The number of aliphatic hydroxyl groups excluding tert-OH is 1. The van der Waals surface area contributed by atoms with Gasteiger partial charge in [0.15, 0.2) is 0 Å². The van der Waals surface area contributed by atoms with Crippen LogP contribution in [0.25, 0.3) is 0 Å². The number of carbonyl (C=O) groups excluding carboxylic acids is 2. The highest BCUT2D eigenvalue weighted by atomic mass is 16.3. The summed E-state index contributed by atoms with van der Waals surface area (Å²) in [6.07, 6.45) is 10.6. The first kappa shape index (κ1) is 25.6. The molecule has 1 aliphatic heterocycles. The van der Waals surface area contributed by atoms with Gasteiger partial charge in [-0.2, -0.15) is 0 Å². The second-order valence-electron chi connectivity index (χ2n) is 7.18. The number of rotatable bonds is 9. The average Bonchev–Trinajstić information content (AvgIpc) is 3.38. The number of hydrogen-bond donors (Lipinski definition) is 2. The van der Waals surface area contributed by atoms with Gasteiger partial charge in [0, 0.05) is 25.4 Å². The van der Waals surface area contributed by atoms with E-state index in [2.05, 4.69) is 25.7 Å². The van der Waals surface area contributed by atoms with Crippen LogP contribution < -0.4 is 5.32 Å². The number of aliphatic hydroxyl groups is 1. The molecule has 2 rings (SSSR count). The molecule has 27 heavy (non-hydrogen) atoms. The maximum Gasteiger partial charge on any atom is 0.243 e. The van der Waals surface area contributed by atoms with Crippen LogP contribution in [0.3, 0.4) is 0 Å². The van der Waals surface area contributed by atoms with Gasteiger partial charge in [0.25, 0.3) is 0 Å². The normalized spacial score (nSPS) is 20.7. The van der Waals surface area contributed by atoms with E-state index in [0.717, 1.165) is 44.9 Å². The topological polar surface area (TPSA) is 69.6 Å². The molecule has 2 amide bonds. The van der Waals surface area contributed by atoms with Crippen LogP contribution in [0.4, 0.5) is 0 Å². The Balaban J connectivity index is 0.00000123. The van der Waals surface area contributed by atoms with Crippen LogP contribution >= 0.6 is 0 Å². The second-order valence-corrected chi connectivity index (χ2v) is 7.18. The number of hydrogen-bond acceptors (Lipinski definition) is 3. The van der Waals surface area contributed by atoms with Crippen LogP contribution in [0.2, 0.25) is 0 Å². The molecule has 1 saturated carbocycles. The smallest absolute Gasteiger partial charge is 0.243 e. The molecule has 1 heterocycles. The van der Waals surface area contributed by atoms with Crippen molar-refractivity contribution in [3.8, 4) is 0 Å². The summed E-state index contributed by atoms with van der Waals surface area (Å²) in [6, 6.07) is -0.198. The molecule has 2 aliphatic rings. The summed E-state index contributed by atoms with van der Waals surface area (Å²) in [7, 11) is 0. The lowest BCUT2D eigenvalue weighted by Crippen LogP contribution is -2.46. The fraction of sp³-hybridized carbons (Fsp3) is 0.818. The van der Waals surface area contributed by atoms with Crippen molar-refractivity contribution in [2.75, 3.05) is 6.54 Å². The molecule has 0 aromatic heterocycles. The van der Waals surface area contributed by atoms with Crippen LogP contribution in [-0.2, 0) is 9.59 Å². The van der Waals surface area contributed by atoms with Gasteiger partial charge in [-0.15, -0.1) is 6.58 Å². The fourth-order valence-electron chi connectivity index (χ4n) is 2.93. The Hall–Kier alpha value is -1.36. The van der Waals surface area contributed by atoms with Crippen molar-refractivity contribution < 1.29 is 14.7 Å². The van der Waals surface area contributed by atoms with Crippen LogP contribution in [-0.4, -0.2) is 46.6 Å². The van der Waals surface area contributed by atoms with E-state index in [1.165, 1.54) is 6.42 Å². The van der Waals surface area contributed by atoms with Gasteiger partial charge >= 0.3 is 0 Å². The lowest BCUT2D eigenvalue weighted by atomic mass is 10.1. The SMILES string of the molecule is C=CCCCCCCC(=O)N1CC(O)CC1C(=O)NC1CC1.CC.CCC. The van der Waals surface area contributed by atoms with E-state index >= 15 is 0 Å². The maximum absolute atomic E-state index is 12.3. The largest absolute Gasteiger partial charge is 0.391 e. The maximum atomic E-state index is 12.3. The summed E-state index contributed by atoms with van der Waals surface area (Å²) < 4.78 is 0. The van der Waals surface area contributed by atoms with Gasteiger partial charge in [-0.25, -0.2) is 0 Å². The fourth-order valence-corrected chi connectivity index (χ4v) is 2.93. The zero-order valence-corrected chi connectivity index (χ0v) is 18.0. The van der Waals surface area contributed by atoms with Gasteiger partial charge in [-0.1, -0.05) is 53.0 Å². The molecule has 1 saturated heterocycles. The van der Waals surface area contributed by atoms with Crippen molar-refractivity contribution >= 4 is 11.8 Å². The molecule has 2 fully saturated rings. The third-order valence-corrected chi connectivity index (χ3v) is 4.37. The third kappa shape index (κ3) is 11.2. The van der Waals surface area contributed by atoms with E-state index in [9.17, 15) is 14.7 Å². The molecular formula is C22H42N2O3. The van der Waals surface area contributed by atoms with Crippen molar-refractivity contribution in [1.29, 1.82) is 0 Å². The molecule has 0 aromatic rings. The minimum atomic E-state index is -0.577. The predicted molar refractivity (Wildman–Crippen MR) is 113 cm³/mol. The summed E-state index contributed by atoms with van der Waals surface area (Å²) in [5.41, 5.74) is 0. The average molecular weight is 383 g/mol.